The molecular formula is C7H13O2S+. The van der Waals surface area contributed by atoms with E-state index < -0.39 is 0 Å². The van der Waals surface area contributed by atoms with Crippen molar-refractivity contribution in [3.8, 4) is 0 Å². The predicted molar refractivity (Wildman–Crippen MR) is 43.5 cm³/mol. The van der Waals surface area contributed by atoms with Crippen LogP contribution in [0.15, 0.2) is 0 Å². The molecule has 3 heteroatoms. The number of hydrogen-bond acceptors (Lipinski definition) is 2. The summed E-state index contributed by atoms with van der Waals surface area (Å²) < 4.78 is 5.18. The summed E-state index contributed by atoms with van der Waals surface area (Å²) >= 11 is 0. The quantitative estimate of drug-likeness (QED) is 0.542. The van der Waals surface area contributed by atoms with Crippen molar-refractivity contribution in [2.24, 2.45) is 0 Å². The molecule has 1 aliphatic heterocycles. The van der Waals surface area contributed by atoms with Crippen LogP contribution in [0.25, 0.3) is 0 Å². The summed E-state index contributed by atoms with van der Waals surface area (Å²) in [5.41, 5.74) is 0. The summed E-state index contributed by atoms with van der Waals surface area (Å²) in [6.07, 6.45) is 0. The van der Waals surface area contributed by atoms with Crippen LogP contribution in [0.1, 0.15) is 6.92 Å². The van der Waals surface area contributed by atoms with Gasteiger partial charge >= 0.3 is 0 Å². The van der Waals surface area contributed by atoms with Gasteiger partial charge in [0, 0.05) is 0 Å². The van der Waals surface area contributed by atoms with E-state index in [2.05, 4.69) is 0 Å². The Morgan fingerprint density at radius 1 is 1.50 bits per heavy atom. The third-order valence-corrected chi connectivity index (χ3v) is 3.74. The van der Waals surface area contributed by atoms with Gasteiger partial charge in [-0.25, -0.2) is 0 Å². The summed E-state index contributed by atoms with van der Waals surface area (Å²) in [4.78, 5) is 10.7. The minimum atomic E-state index is 0.324. The zero-order chi connectivity index (χ0) is 7.40. The second-order valence-electron chi connectivity index (χ2n) is 2.48. The molecule has 0 bridgehead atoms. The Labute approximate surface area is 64.3 Å². The maximum atomic E-state index is 10.7. The third kappa shape index (κ3) is 2.71. The number of ether oxygens (including phenoxy) is 1. The van der Waals surface area contributed by atoms with Crippen LogP contribution in [0.5, 0.6) is 0 Å². The van der Waals surface area contributed by atoms with Gasteiger partial charge < -0.3 is 4.74 Å². The predicted octanol–water partition coefficient (Wildman–Crippen LogP) is 0.224. The molecule has 1 heterocycles. The lowest BCUT2D eigenvalue weighted by molar-refractivity contribution is -0.114. The molecule has 0 aromatic heterocycles. The van der Waals surface area contributed by atoms with Crippen molar-refractivity contribution in [2.45, 2.75) is 6.92 Å². The zero-order valence-corrected chi connectivity index (χ0v) is 7.08. The van der Waals surface area contributed by atoms with Gasteiger partial charge in [-0.05, 0) is 17.8 Å². The SMILES string of the molecule is CC(=O)C[S+]1CCOCC1. The molecule has 1 aliphatic rings. The van der Waals surface area contributed by atoms with Gasteiger partial charge in [0.25, 0.3) is 0 Å². The molecule has 1 saturated heterocycles. The molecule has 0 atom stereocenters. The second-order valence-corrected chi connectivity index (χ2v) is 4.81. The summed E-state index contributed by atoms with van der Waals surface area (Å²) in [6, 6.07) is 0. The van der Waals surface area contributed by atoms with Crippen LogP contribution < -0.4 is 0 Å². The van der Waals surface area contributed by atoms with E-state index in [0.717, 1.165) is 30.5 Å². The van der Waals surface area contributed by atoms with Crippen molar-refractivity contribution >= 4 is 16.7 Å². The monoisotopic (exact) mass is 161 g/mol. The molecule has 0 unspecified atom stereocenters. The number of Topliss-reactive ketones (excluding diaryl/α,β-unsaturated/α-hetero) is 1. The van der Waals surface area contributed by atoms with Crippen molar-refractivity contribution < 1.29 is 9.53 Å². The number of rotatable bonds is 2. The van der Waals surface area contributed by atoms with Gasteiger partial charge in [0.05, 0.1) is 13.2 Å². The Kier molecular flexibility index (Phi) is 3.22. The average Bonchev–Trinajstić information content (AvgIpc) is 1.88. The molecule has 0 aromatic carbocycles. The van der Waals surface area contributed by atoms with Gasteiger partial charge in [0.2, 0.25) is 0 Å². The van der Waals surface area contributed by atoms with Crippen LogP contribution in [0.2, 0.25) is 0 Å². The van der Waals surface area contributed by atoms with Crippen LogP contribution >= 0.6 is 0 Å². The van der Waals surface area contributed by atoms with E-state index in [1.807, 2.05) is 0 Å². The van der Waals surface area contributed by atoms with Crippen LogP contribution in [0.4, 0.5) is 0 Å². The van der Waals surface area contributed by atoms with Gasteiger partial charge in [-0.15, -0.1) is 0 Å². The van der Waals surface area contributed by atoms with Crippen LogP contribution in [0, 0.1) is 0 Å². The largest absolute Gasteiger partial charge is 0.372 e. The lowest BCUT2D eigenvalue weighted by atomic mass is 10.5. The summed E-state index contributed by atoms with van der Waals surface area (Å²) in [7, 11) is 0.351. The molecule has 1 fully saturated rings. The van der Waals surface area contributed by atoms with E-state index in [0.29, 0.717) is 16.7 Å². The van der Waals surface area contributed by atoms with Gasteiger partial charge in [0.1, 0.15) is 11.5 Å². The average molecular weight is 161 g/mol. The fourth-order valence-electron chi connectivity index (χ4n) is 0.989. The normalized spacial score (nSPS) is 20.9. The highest BCUT2D eigenvalue weighted by Gasteiger charge is 2.23. The first kappa shape index (κ1) is 8.08. The summed E-state index contributed by atoms with van der Waals surface area (Å²) in [6.45, 7) is 3.38. The number of ketones is 1. The Morgan fingerprint density at radius 3 is 2.60 bits per heavy atom. The van der Waals surface area contributed by atoms with E-state index >= 15 is 0 Å². The second kappa shape index (κ2) is 3.98. The zero-order valence-electron chi connectivity index (χ0n) is 6.26. The molecular weight excluding hydrogens is 148 g/mol. The Morgan fingerprint density at radius 2 is 2.10 bits per heavy atom. The molecule has 0 N–H and O–H groups in total. The molecule has 10 heavy (non-hydrogen) atoms. The fraction of sp³-hybridized carbons (Fsp3) is 0.857. The van der Waals surface area contributed by atoms with E-state index in [1.165, 1.54) is 0 Å². The molecule has 0 aliphatic carbocycles. The topological polar surface area (TPSA) is 26.3 Å². The smallest absolute Gasteiger partial charge is 0.178 e. The standard InChI is InChI=1S/C7H13O2S/c1-7(8)6-10-4-2-9-3-5-10/h2-6H2,1H3/q+1. The molecule has 58 valence electrons. The van der Waals surface area contributed by atoms with Crippen molar-refractivity contribution in [1.82, 2.24) is 0 Å². The van der Waals surface area contributed by atoms with Gasteiger partial charge in [-0.3, -0.25) is 4.79 Å². The molecule has 1 rings (SSSR count). The fourth-order valence-corrected chi connectivity index (χ4v) is 2.76. The minimum absolute atomic E-state index is 0.324. The van der Waals surface area contributed by atoms with Crippen LogP contribution in [-0.4, -0.2) is 36.3 Å². The van der Waals surface area contributed by atoms with Crippen LogP contribution in [0.3, 0.4) is 0 Å². The van der Waals surface area contributed by atoms with E-state index in [1.54, 1.807) is 6.92 Å². The Balaban J connectivity index is 2.19. The number of carbonyl (C=O) groups is 1. The lowest BCUT2D eigenvalue weighted by Gasteiger charge is -2.12. The first-order chi connectivity index (χ1) is 4.79. The molecule has 0 spiro atoms. The van der Waals surface area contributed by atoms with Gasteiger partial charge in [0.15, 0.2) is 11.5 Å². The van der Waals surface area contributed by atoms with Crippen molar-refractivity contribution in [1.29, 1.82) is 0 Å². The molecule has 2 nitrogen and oxygen atoms in total. The van der Waals surface area contributed by atoms with Gasteiger partial charge in [-0.2, -0.15) is 0 Å². The highest BCUT2D eigenvalue weighted by Crippen LogP contribution is 2.03. The maximum Gasteiger partial charge on any atom is 0.178 e. The van der Waals surface area contributed by atoms with E-state index in [9.17, 15) is 4.79 Å². The number of carbonyl (C=O) groups excluding carboxylic acids is 1. The van der Waals surface area contributed by atoms with Crippen LogP contribution in [-0.2, 0) is 20.4 Å². The number of hydrogen-bond donors (Lipinski definition) is 0. The molecule has 0 saturated carbocycles. The first-order valence-corrected chi connectivity index (χ1v) is 5.23. The molecule has 0 amide bonds. The van der Waals surface area contributed by atoms with Gasteiger partial charge in [-0.1, -0.05) is 0 Å². The first-order valence-electron chi connectivity index (χ1n) is 3.50. The Hall–Kier alpha value is -0.0200. The third-order valence-electron chi connectivity index (χ3n) is 1.44. The summed E-state index contributed by atoms with van der Waals surface area (Å²) in [5.74, 6) is 3.30. The van der Waals surface area contributed by atoms with E-state index in [-0.39, 0.29) is 0 Å². The van der Waals surface area contributed by atoms with Crippen molar-refractivity contribution in [3.05, 3.63) is 0 Å². The maximum absolute atomic E-state index is 10.7. The molecule has 0 aromatic rings. The minimum Gasteiger partial charge on any atom is -0.372 e. The summed E-state index contributed by atoms with van der Waals surface area (Å²) in [5, 5.41) is 0. The lowest BCUT2D eigenvalue weighted by Crippen LogP contribution is -2.30. The highest BCUT2D eigenvalue weighted by molar-refractivity contribution is 7.97. The highest BCUT2D eigenvalue weighted by atomic mass is 32.2. The van der Waals surface area contributed by atoms with Crippen molar-refractivity contribution in [2.75, 3.05) is 30.5 Å². The molecule has 0 radical (unpaired) electrons. The van der Waals surface area contributed by atoms with Crippen molar-refractivity contribution in [3.63, 3.8) is 0 Å². The van der Waals surface area contributed by atoms with E-state index in [4.69, 9.17) is 4.74 Å². The Bertz CT molecular complexity index is 119.